The van der Waals surface area contributed by atoms with Crippen LogP contribution < -0.4 is 20.9 Å². The van der Waals surface area contributed by atoms with Crippen molar-refractivity contribution in [3.63, 3.8) is 0 Å². The lowest BCUT2D eigenvalue weighted by molar-refractivity contribution is -0.138. The zero-order valence-corrected chi connectivity index (χ0v) is 41.1. The number of carbonyl (C=O) groups excluding carboxylic acids is 1. The Morgan fingerprint density at radius 1 is 0.539 bits per heavy atom. The molecule has 10 rings (SSSR count). The molecule has 4 aromatic heterocycles. The number of aliphatic hydroxyl groups is 1. The number of β-amino-alcohol motifs (C(OH)–C–C–N with tert-alkyl or cyclic N) is 1. The molecule has 1 atom stereocenters. The molecular weight excluding hydrogens is 987 g/mol. The van der Waals surface area contributed by atoms with Crippen molar-refractivity contribution in [2.24, 2.45) is 0 Å². The SMILES string of the molecule is O=C(CCc1ccccc1)CN1CCCn2c1nc(-c1ccncc1)c(-c1cccc(C(F)(F)F)c1)c2=O.O=c1c(-c2cccc(C(F)(F)F)c2)c(-c2ccncc2)nc2n1CCCN2CC(O)CCc1ccccc1. The fraction of sp³-hybridized carbons (Fsp3) is 0.259. The predicted molar refractivity (Wildman–Crippen MR) is 279 cm³/mol. The third-order valence-corrected chi connectivity index (χ3v) is 13.3. The zero-order valence-electron chi connectivity index (χ0n) is 41.1. The molecule has 390 valence electrons. The number of hydrogen-bond donors (Lipinski definition) is 1. The van der Waals surface area contributed by atoms with Gasteiger partial charge in [0.15, 0.2) is 5.78 Å². The summed E-state index contributed by atoms with van der Waals surface area (Å²) < 4.78 is 83.9. The highest BCUT2D eigenvalue weighted by Gasteiger charge is 2.34. The molecule has 2 aliphatic heterocycles. The van der Waals surface area contributed by atoms with Crippen molar-refractivity contribution in [3.8, 4) is 44.8 Å². The van der Waals surface area contributed by atoms with Crippen LogP contribution in [0.1, 0.15) is 47.9 Å². The lowest BCUT2D eigenvalue weighted by Crippen LogP contribution is -2.43. The number of fused-ring (bicyclic) bond motifs is 2. The van der Waals surface area contributed by atoms with Gasteiger partial charge in [-0.25, -0.2) is 9.97 Å². The fourth-order valence-corrected chi connectivity index (χ4v) is 9.54. The van der Waals surface area contributed by atoms with Crippen molar-refractivity contribution in [1.29, 1.82) is 0 Å². The van der Waals surface area contributed by atoms with Gasteiger partial charge in [0.25, 0.3) is 11.1 Å². The number of rotatable bonds is 14. The number of anilines is 2. The quantitative estimate of drug-likeness (QED) is 0.105. The number of aromatic nitrogens is 6. The van der Waals surface area contributed by atoms with Crippen LogP contribution in [0.3, 0.4) is 0 Å². The van der Waals surface area contributed by atoms with Gasteiger partial charge in [0.1, 0.15) is 0 Å². The molecule has 0 amide bonds. The minimum absolute atomic E-state index is 0.0176. The summed E-state index contributed by atoms with van der Waals surface area (Å²) in [4.78, 5) is 61.9. The molecule has 1 N–H and O–H groups in total. The summed E-state index contributed by atoms with van der Waals surface area (Å²) in [5, 5.41) is 10.8. The van der Waals surface area contributed by atoms with Crippen LogP contribution in [0.25, 0.3) is 44.8 Å². The topological polar surface area (TPSA) is 139 Å². The summed E-state index contributed by atoms with van der Waals surface area (Å²) >= 11 is 0. The number of carbonyl (C=O) groups is 1. The molecule has 0 saturated heterocycles. The lowest BCUT2D eigenvalue weighted by atomic mass is 9.99. The van der Waals surface area contributed by atoms with Gasteiger partial charge in [0.2, 0.25) is 11.9 Å². The maximum atomic E-state index is 13.8. The molecule has 6 heterocycles. The minimum Gasteiger partial charge on any atom is -0.391 e. The van der Waals surface area contributed by atoms with Gasteiger partial charge in [-0.05, 0) is 103 Å². The number of aryl methyl sites for hydroxylation is 2. The number of alkyl halides is 6. The summed E-state index contributed by atoms with van der Waals surface area (Å²) in [5.41, 5.74) is 1.81. The van der Waals surface area contributed by atoms with E-state index in [0.29, 0.717) is 87.7 Å². The Morgan fingerprint density at radius 2 is 0.987 bits per heavy atom. The molecule has 2 aliphatic rings. The molecular formula is C58H52F6N8O4. The van der Waals surface area contributed by atoms with Crippen LogP contribution in [0, 0.1) is 0 Å². The van der Waals surface area contributed by atoms with Crippen LogP contribution in [0.5, 0.6) is 0 Å². The van der Waals surface area contributed by atoms with E-state index >= 15 is 0 Å². The molecule has 0 saturated carbocycles. The molecule has 0 radical (unpaired) electrons. The van der Waals surface area contributed by atoms with Gasteiger partial charge in [-0.1, -0.05) is 84.9 Å². The van der Waals surface area contributed by atoms with Gasteiger partial charge in [-0.2, -0.15) is 26.3 Å². The molecule has 18 heteroatoms. The maximum Gasteiger partial charge on any atom is 0.416 e. The lowest BCUT2D eigenvalue weighted by Gasteiger charge is -2.33. The van der Waals surface area contributed by atoms with E-state index in [0.717, 1.165) is 35.4 Å². The number of Topliss-reactive ketones (excluding diaryl/α,β-unsaturated/α-hetero) is 1. The van der Waals surface area contributed by atoms with Crippen molar-refractivity contribution in [1.82, 2.24) is 29.1 Å². The monoisotopic (exact) mass is 1040 g/mol. The standard InChI is InChI=1S/C29H27F3N4O2.C29H25F3N4O2/c2*30-29(31,32)23-9-4-8-22(18-23)25-26(21-12-14-33-15-13-21)34-28-35(16-5-17-36(28)27(25)38)19-24(37)11-10-20-6-2-1-3-7-20/h1-4,6-9,12-15,18,24,37H,5,10-11,16-17,19H2;1-4,6-9,12-15,18H,5,10-11,16-17,19H2. The summed E-state index contributed by atoms with van der Waals surface area (Å²) in [6.45, 7) is 2.28. The first-order valence-electron chi connectivity index (χ1n) is 24.9. The first kappa shape index (κ1) is 52.6. The first-order chi connectivity index (χ1) is 36.6. The van der Waals surface area contributed by atoms with Gasteiger partial charge >= 0.3 is 12.4 Å². The van der Waals surface area contributed by atoms with Gasteiger partial charge in [-0.15, -0.1) is 0 Å². The van der Waals surface area contributed by atoms with E-state index in [1.807, 2.05) is 65.6 Å². The summed E-state index contributed by atoms with van der Waals surface area (Å²) in [7, 11) is 0. The summed E-state index contributed by atoms with van der Waals surface area (Å²) in [5.74, 6) is 0.767. The summed E-state index contributed by atoms with van der Waals surface area (Å²) in [6, 6.07) is 35.8. The minimum atomic E-state index is -4.55. The van der Waals surface area contributed by atoms with E-state index in [1.54, 1.807) is 41.6 Å². The van der Waals surface area contributed by atoms with Crippen molar-refractivity contribution in [3.05, 3.63) is 201 Å². The molecule has 0 spiro atoms. The Labute approximate surface area is 433 Å². The normalized spacial score (nSPS) is 13.8. The number of nitrogens with zero attached hydrogens (tertiary/aromatic N) is 8. The van der Waals surface area contributed by atoms with Crippen LogP contribution in [-0.2, 0) is 43.1 Å². The van der Waals surface area contributed by atoms with Crippen molar-refractivity contribution in [2.75, 3.05) is 36.0 Å². The maximum absolute atomic E-state index is 13.8. The first-order valence-corrected chi connectivity index (χ1v) is 24.9. The Bertz CT molecular complexity index is 3410. The Morgan fingerprint density at radius 3 is 1.46 bits per heavy atom. The van der Waals surface area contributed by atoms with Crippen LogP contribution in [0.4, 0.5) is 38.2 Å². The highest BCUT2D eigenvalue weighted by Crippen LogP contribution is 2.37. The van der Waals surface area contributed by atoms with E-state index in [9.17, 15) is 45.8 Å². The summed E-state index contributed by atoms with van der Waals surface area (Å²) in [6.07, 6.45) is -0.0850. The van der Waals surface area contributed by atoms with Crippen LogP contribution in [-0.4, -0.2) is 72.2 Å². The van der Waals surface area contributed by atoms with E-state index < -0.39 is 40.7 Å². The fourth-order valence-electron chi connectivity index (χ4n) is 9.54. The van der Waals surface area contributed by atoms with Crippen LogP contribution >= 0.6 is 0 Å². The second-order valence-electron chi connectivity index (χ2n) is 18.6. The van der Waals surface area contributed by atoms with E-state index in [4.69, 9.17) is 9.97 Å². The third-order valence-electron chi connectivity index (χ3n) is 13.3. The van der Waals surface area contributed by atoms with E-state index in [-0.39, 0.29) is 52.5 Å². The highest BCUT2D eigenvalue weighted by molar-refractivity contribution is 5.85. The number of halogens is 6. The second kappa shape index (κ2) is 23.1. The van der Waals surface area contributed by atoms with Crippen LogP contribution in [0.15, 0.2) is 168 Å². The Balaban J connectivity index is 0.000000186. The molecule has 4 aromatic carbocycles. The van der Waals surface area contributed by atoms with Crippen molar-refractivity contribution >= 4 is 17.7 Å². The van der Waals surface area contributed by atoms with Crippen molar-refractivity contribution < 1.29 is 36.2 Å². The van der Waals surface area contributed by atoms with Crippen molar-refractivity contribution in [2.45, 2.75) is 70.1 Å². The zero-order chi connectivity index (χ0) is 53.4. The number of benzene rings is 4. The largest absolute Gasteiger partial charge is 0.416 e. The van der Waals surface area contributed by atoms with Crippen LogP contribution in [0.2, 0.25) is 0 Å². The molecule has 1 unspecified atom stereocenters. The number of pyridine rings is 2. The molecule has 0 fully saturated rings. The number of hydrogen-bond acceptors (Lipinski definition) is 10. The number of ketones is 1. The third kappa shape index (κ3) is 12.3. The predicted octanol–water partition coefficient (Wildman–Crippen LogP) is 10.6. The van der Waals surface area contributed by atoms with Gasteiger partial charge in [0.05, 0.1) is 46.3 Å². The average Bonchev–Trinajstić information content (AvgIpc) is 3.45. The van der Waals surface area contributed by atoms with Gasteiger partial charge in [-0.3, -0.25) is 33.5 Å². The average molecular weight is 1040 g/mol. The highest BCUT2D eigenvalue weighted by atomic mass is 19.4. The smallest absolute Gasteiger partial charge is 0.391 e. The Hall–Kier alpha value is -8.25. The second-order valence-corrected chi connectivity index (χ2v) is 18.6. The molecule has 12 nitrogen and oxygen atoms in total. The molecule has 76 heavy (non-hydrogen) atoms. The van der Waals surface area contributed by atoms with E-state index in [2.05, 4.69) is 9.97 Å². The number of aliphatic hydroxyl groups excluding tert-OH is 1. The van der Waals surface area contributed by atoms with Gasteiger partial charge < -0.3 is 14.9 Å². The van der Waals surface area contributed by atoms with Gasteiger partial charge in [0, 0.05) is 75.1 Å². The Kier molecular flexibility index (Phi) is 16.0. The molecule has 0 bridgehead atoms. The molecule has 0 aliphatic carbocycles. The van der Waals surface area contributed by atoms with E-state index in [1.165, 1.54) is 45.8 Å². The molecule has 8 aromatic rings.